The highest BCUT2D eigenvalue weighted by molar-refractivity contribution is 5.79. The standard InChI is InChI=1S/C16H28N4O3/c1-2-17-16(19-12-15-6-11-23-20-15)18-7-3-8-22-13-14-4-9-21-10-5-14/h6,11,14H,2-5,7-10,12-13H2,1H3,(H2,17,18,19). The Morgan fingerprint density at radius 3 is 3.00 bits per heavy atom. The Morgan fingerprint density at radius 2 is 2.26 bits per heavy atom. The minimum atomic E-state index is 0.506. The zero-order chi connectivity index (χ0) is 16.2. The van der Waals surface area contributed by atoms with Gasteiger partial charge < -0.3 is 24.6 Å². The highest BCUT2D eigenvalue weighted by Crippen LogP contribution is 2.14. The second-order valence-electron chi connectivity index (χ2n) is 5.60. The first-order valence-corrected chi connectivity index (χ1v) is 8.45. The molecule has 7 nitrogen and oxygen atoms in total. The van der Waals surface area contributed by atoms with Crippen LogP contribution in [0.25, 0.3) is 0 Å². The van der Waals surface area contributed by atoms with E-state index in [0.29, 0.717) is 12.5 Å². The van der Waals surface area contributed by atoms with Crippen molar-refractivity contribution in [2.45, 2.75) is 32.7 Å². The lowest BCUT2D eigenvalue weighted by molar-refractivity contribution is 0.0203. The molecule has 130 valence electrons. The van der Waals surface area contributed by atoms with Gasteiger partial charge in [-0.15, -0.1) is 0 Å². The highest BCUT2D eigenvalue weighted by atomic mass is 16.5. The topological polar surface area (TPSA) is 80.9 Å². The molecule has 0 amide bonds. The minimum Gasteiger partial charge on any atom is -0.381 e. The maximum atomic E-state index is 5.76. The summed E-state index contributed by atoms with van der Waals surface area (Å²) in [5, 5.41) is 10.4. The Morgan fingerprint density at radius 1 is 1.39 bits per heavy atom. The average Bonchev–Trinajstić information content (AvgIpc) is 3.10. The first-order valence-electron chi connectivity index (χ1n) is 8.45. The molecule has 23 heavy (non-hydrogen) atoms. The van der Waals surface area contributed by atoms with Crippen LogP contribution in [0.4, 0.5) is 0 Å². The molecular weight excluding hydrogens is 296 g/mol. The summed E-state index contributed by atoms with van der Waals surface area (Å²) in [5.41, 5.74) is 0.821. The van der Waals surface area contributed by atoms with Crippen LogP contribution in [0.3, 0.4) is 0 Å². The molecule has 0 radical (unpaired) electrons. The summed E-state index contributed by atoms with van der Waals surface area (Å²) in [6, 6.07) is 1.82. The lowest BCUT2D eigenvalue weighted by atomic mass is 10.0. The number of aliphatic imine (C=N–C) groups is 1. The third kappa shape index (κ3) is 7.47. The van der Waals surface area contributed by atoms with Crippen LogP contribution < -0.4 is 10.6 Å². The van der Waals surface area contributed by atoms with Crippen LogP contribution in [0.2, 0.25) is 0 Å². The normalized spacial score (nSPS) is 16.5. The van der Waals surface area contributed by atoms with E-state index in [2.05, 4.69) is 20.8 Å². The van der Waals surface area contributed by atoms with Crippen molar-refractivity contribution in [3.05, 3.63) is 18.0 Å². The van der Waals surface area contributed by atoms with Gasteiger partial charge in [0.05, 0.1) is 6.54 Å². The van der Waals surface area contributed by atoms with Crippen LogP contribution in [0, 0.1) is 5.92 Å². The van der Waals surface area contributed by atoms with Crippen LogP contribution >= 0.6 is 0 Å². The second kappa shape index (κ2) is 11.0. The molecule has 1 aliphatic rings. The van der Waals surface area contributed by atoms with Gasteiger partial charge in [0.25, 0.3) is 0 Å². The largest absolute Gasteiger partial charge is 0.381 e. The number of guanidine groups is 1. The summed E-state index contributed by atoms with van der Waals surface area (Å²) in [6.07, 6.45) is 4.76. The van der Waals surface area contributed by atoms with Crippen LogP contribution in [-0.4, -0.2) is 50.6 Å². The van der Waals surface area contributed by atoms with Gasteiger partial charge in [-0.05, 0) is 32.1 Å². The summed E-state index contributed by atoms with van der Waals surface area (Å²) >= 11 is 0. The van der Waals surface area contributed by atoms with Gasteiger partial charge in [0, 0.05) is 45.6 Å². The molecule has 0 aromatic carbocycles. The molecule has 0 unspecified atom stereocenters. The van der Waals surface area contributed by atoms with Gasteiger partial charge in [0.15, 0.2) is 5.96 Å². The van der Waals surface area contributed by atoms with Crippen molar-refractivity contribution in [2.24, 2.45) is 10.9 Å². The average molecular weight is 324 g/mol. The third-order valence-electron chi connectivity index (χ3n) is 3.69. The van der Waals surface area contributed by atoms with Crippen LogP contribution in [0.5, 0.6) is 0 Å². The van der Waals surface area contributed by atoms with E-state index in [1.165, 1.54) is 0 Å². The van der Waals surface area contributed by atoms with Gasteiger partial charge in [-0.1, -0.05) is 5.16 Å². The lowest BCUT2D eigenvalue weighted by Crippen LogP contribution is -2.38. The number of rotatable bonds is 9. The van der Waals surface area contributed by atoms with E-state index in [-0.39, 0.29) is 0 Å². The van der Waals surface area contributed by atoms with Crippen LogP contribution in [-0.2, 0) is 16.0 Å². The fourth-order valence-corrected chi connectivity index (χ4v) is 2.36. The van der Waals surface area contributed by atoms with Crippen molar-refractivity contribution in [3.63, 3.8) is 0 Å². The summed E-state index contributed by atoms with van der Waals surface area (Å²) < 4.78 is 15.9. The molecule has 0 atom stereocenters. The molecule has 2 heterocycles. The first-order chi connectivity index (χ1) is 11.4. The zero-order valence-corrected chi connectivity index (χ0v) is 13.9. The van der Waals surface area contributed by atoms with Crippen molar-refractivity contribution in [2.75, 3.05) is 39.5 Å². The fraction of sp³-hybridized carbons (Fsp3) is 0.750. The fourth-order valence-electron chi connectivity index (χ4n) is 2.36. The Labute approximate surface area is 137 Å². The number of ether oxygens (including phenoxy) is 2. The number of aromatic nitrogens is 1. The van der Waals surface area contributed by atoms with Crippen LogP contribution in [0.15, 0.2) is 21.8 Å². The number of hydrogen-bond donors (Lipinski definition) is 2. The van der Waals surface area contributed by atoms with Gasteiger partial charge in [0.1, 0.15) is 12.0 Å². The van der Waals surface area contributed by atoms with Crippen molar-refractivity contribution in [3.8, 4) is 0 Å². The van der Waals surface area contributed by atoms with Gasteiger partial charge in [-0.25, -0.2) is 4.99 Å². The van der Waals surface area contributed by atoms with Crippen molar-refractivity contribution >= 4 is 5.96 Å². The van der Waals surface area contributed by atoms with Gasteiger partial charge in [-0.3, -0.25) is 0 Å². The van der Waals surface area contributed by atoms with Crippen LogP contribution in [0.1, 0.15) is 31.9 Å². The van der Waals surface area contributed by atoms with E-state index < -0.39 is 0 Å². The summed E-state index contributed by atoms with van der Waals surface area (Å²) in [7, 11) is 0. The summed E-state index contributed by atoms with van der Waals surface area (Å²) in [4.78, 5) is 4.46. The van der Waals surface area contributed by atoms with E-state index in [9.17, 15) is 0 Å². The van der Waals surface area contributed by atoms with E-state index in [1.54, 1.807) is 6.26 Å². The maximum Gasteiger partial charge on any atom is 0.191 e. The first kappa shape index (κ1) is 17.7. The zero-order valence-electron chi connectivity index (χ0n) is 13.9. The SMILES string of the molecule is CCNC(=NCc1ccon1)NCCCOCC1CCOCC1. The third-order valence-corrected chi connectivity index (χ3v) is 3.69. The second-order valence-corrected chi connectivity index (χ2v) is 5.60. The maximum absolute atomic E-state index is 5.76. The molecule has 1 saturated heterocycles. The Bertz CT molecular complexity index is 431. The van der Waals surface area contributed by atoms with Gasteiger partial charge >= 0.3 is 0 Å². The summed E-state index contributed by atoms with van der Waals surface area (Å²) in [5.74, 6) is 1.46. The lowest BCUT2D eigenvalue weighted by Gasteiger charge is -2.21. The molecule has 1 aliphatic heterocycles. The molecule has 2 rings (SSSR count). The molecular formula is C16H28N4O3. The van der Waals surface area contributed by atoms with Gasteiger partial charge in [-0.2, -0.15) is 0 Å². The van der Waals surface area contributed by atoms with E-state index in [0.717, 1.165) is 70.4 Å². The highest BCUT2D eigenvalue weighted by Gasteiger charge is 2.13. The van der Waals surface area contributed by atoms with E-state index in [1.807, 2.05) is 13.0 Å². The summed E-state index contributed by atoms with van der Waals surface area (Å²) in [6.45, 7) is 7.59. The van der Waals surface area contributed by atoms with E-state index >= 15 is 0 Å². The molecule has 0 saturated carbocycles. The van der Waals surface area contributed by atoms with Crippen molar-refractivity contribution < 1.29 is 14.0 Å². The molecule has 0 spiro atoms. The predicted molar refractivity (Wildman–Crippen MR) is 88.3 cm³/mol. The van der Waals surface area contributed by atoms with Crippen molar-refractivity contribution in [1.82, 2.24) is 15.8 Å². The molecule has 1 fully saturated rings. The Hall–Kier alpha value is -1.60. The Kier molecular flexibility index (Phi) is 8.50. The Balaban J connectivity index is 1.55. The minimum absolute atomic E-state index is 0.506. The predicted octanol–water partition coefficient (Wildman–Crippen LogP) is 1.56. The molecule has 1 aromatic heterocycles. The van der Waals surface area contributed by atoms with E-state index in [4.69, 9.17) is 14.0 Å². The number of nitrogens with one attached hydrogen (secondary N) is 2. The van der Waals surface area contributed by atoms with Crippen molar-refractivity contribution in [1.29, 1.82) is 0 Å². The quantitative estimate of drug-likeness (QED) is 0.408. The smallest absolute Gasteiger partial charge is 0.191 e. The molecule has 1 aromatic rings. The molecule has 2 N–H and O–H groups in total. The molecule has 0 bridgehead atoms. The molecule has 0 aliphatic carbocycles. The number of hydrogen-bond acceptors (Lipinski definition) is 5. The monoisotopic (exact) mass is 324 g/mol. The van der Waals surface area contributed by atoms with Gasteiger partial charge in [0.2, 0.25) is 0 Å². The number of nitrogens with zero attached hydrogens (tertiary/aromatic N) is 2. The molecule has 7 heteroatoms.